The number of nitrogens with zero attached hydrogens (tertiary/aromatic N) is 1. The third-order valence-corrected chi connectivity index (χ3v) is 2.58. The zero-order valence-corrected chi connectivity index (χ0v) is 9.78. The van der Waals surface area contributed by atoms with Crippen LogP contribution in [0.2, 0.25) is 5.02 Å². The van der Waals surface area contributed by atoms with Gasteiger partial charge < -0.3 is 4.52 Å². The van der Waals surface area contributed by atoms with Crippen LogP contribution in [-0.2, 0) is 0 Å². The molecule has 0 aliphatic carbocycles. The molecule has 0 saturated heterocycles. The topological polar surface area (TPSA) is 81.2 Å². The van der Waals surface area contributed by atoms with Gasteiger partial charge in [-0.3, -0.25) is 10.2 Å². The Morgan fingerprint density at radius 1 is 1.41 bits per heavy atom. The van der Waals surface area contributed by atoms with Crippen molar-refractivity contribution in [1.29, 1.82) is 0 Å². The van der Waals surface area contributed by atoms with Crippen LogP contribution in [-0.4, -0.2) is 11.1 Å². The van der Waals surface area contributed by atoms with Gasteiger partial charge in [0.05, 0.1) is 5.69 Å². The quantitative estimate of drug-likeness (QED) is 0.485. The van der Waals surface area contributed by atoms with Crippen molar-refractivity contribution >= 4 is 17.5 Å². The maximum absolute atomic E-state index is 11.6. The third-order valence-electron chi connectivity index (χ3n) is 2.33. The predicted octanol–water partition coefficient (Wildman–Crippen LogP) is 1.91. The standard InChI is InChI=1S/C11H10ClN3O2/c1-6-9(11(16)14-13)10(17-15-6)7-2-4-8(12)5-3-7/h2-5H,13H2,1H3,(H,14,16). The van der Waals surface area contributed by atoms with Crippen LogP contribution < -0.4 is 11.3 Å². The minimum absolute atomic E-state index is 0.329. The molecule has 0 atom stereocenters. The number of carbonyl (C=O) groups is 1. The molecular formula is C11H10ClN3O2. The maximum atomic E-state index is 11.6. The van der Waals surface area contributed by atoms with Crippen LogP contribution in [0.15, 0.2) is 28.8 Å². The molecule has 0 aliphatic rings. The Morgan fingerprint density at radius 3 is 2.65 bits per heavy atom. The summed E-state index contributed by atoms with van der Waals surface area (Å²) in [5.41, 5.74) is 3.59. The van der Waals surface area contributed by atoms with Crippen molar-refractivity contribution in [3.8, 4) is 11.3 Å². The van der Waals surface area contributed by atoms with Gasteiger partial charge in [-0.05, 0) is 31.2 Å². The number of nitrogen functional groups attached to an aromatic ring is 1. The summed E-state index contributed by atoms with van der Waals surface area (Å²) in [5.74, 6) is 5.05. The number of amides is 1. The van der Waals surface area contributed by atoms with Crippen LogP contribution in [0, 0.1) is 6.92 Å². The number of rotatable bonds is 2. The highest BCUT2D eigenvalue weighted by molar-refractivity contribution is 6.30. The van der Waals surface area contributed by atoms with Crippen LogP contribution >= 0.6 is 11.6 Å². The number of aryl methyl sites for hydroxylation is 1. The predicted molar refractivity (Wildman–Crippen MR) is 63.3 cm³/mol. The highest BCUT2D eigenvalue weighted by atomic mass is 35.5. The monoisotopic (exact) mass is 251 g/mol. The van der Waals surface area contributed by atoms with Crippen LogP contribution in [0.5, 0.6) is 0 Å². The first-order valence-corrected chi connectivity index (χ1v) is 5.24. The number of hydrogen-bond acceptors (Lipinski definition) is 4. The minimum Gasteiger partial charge on any atom is -0.355 e. The summed E-state index contributed by atoms with van der Waals surface area (Å²) in [6, 6.07) is 6.91. The second kappa shape index (κ2) is 4.57. The fourth-order valence-corrected chi connectivity index (χ4v) is 1.63. The van der Waals surface area contributed by atoms with E-state index in [1.807, 2.05) is 0 Å². The van der Waals surface area contributed by atoms with Gasteiger partial charge in [0, 0.05) is 10.6 Å². The van der Waals surface area contributed by atoms with Gasteiger partial charge in [0.2, 0.25) is 0 Å². The largest absolute Gasteiger partial charge is 0.355 e. The van der Waals surface area contributed by atoms with Gasteiger partial charge in [0.25, 0.3) is 5.91 Å². The summed E-state index contributed by atoms with van der Waals surface area (Å²) in [6.45, 7) is 1.67. The molecule has 0 aliphatic heterocycles. The number of nitrogens with two attached hydrogens (primary N) is 1. The first-order valence-electron chi connectivity index (χ1n) is 4.86. The molecule has 0 unspecified atom stereocenters. The lowest BCUT2D eigenvalue weighted by molar-refractivity contribution is 0.0953. The van der Waals surface area contributed by atoms with Crippen LogP contribution in [0.25, 0.3) is 11.3 Å². The number of halogens is 1. The van der Waals surface area contributed by atoms with E-state index in [1.54, 1.807) is 31.2 Å². The Morgan fingerprint density at radius 2 is 2.06 bits per heavy atom. The summed E-state index contributed by atoms with van der Waals surface area (Å²) in [5, 5.41) is 4.37. The SMILES string of the molecule is Cc1noc(-c2ccc(Cl)cc2)c1C(=O)NN. The molecule has 2 aromatic rings. The number of hydrogen-bond donors (Lipinski definition) is 2. The van der Waals surface area contributed by atoms with Gasteiger partial charge in [0.1, 0.15) is 5.56 Å². The fraction of sp³-hybridized carbons (Fsp3) is 0.0909. The normalized spacial score (nSPS) is 10.3. The van der Waals surface area contributed by atoms with Crippen molar-refractivity contribution in [2.75, 3.05) is 0 Å². The molecule has 1 aromatic heterocycles. The lowest BCUT2D eigenvalue weighted by Gasteiger charge is -2.01. The van der Waals surface area contributed by atoms with Crippen molar-refractivity contribution in [3.63, 3.8) is 0 Å². The van der Waals surface area contributed by atoms with Gasteiger partial charge in [-0.25, -0.2) is 5.84 Å². The third kappa shape index (κ3) is 2.15. The number of benzene rings is 1. The van der Waals surface area contributed by atoms with E-state index in [1.165, 1.54) is 0 Å². The summed E-state index contributed by atoms with van der Waals surface area (Å²) in [7, 11) is 0. The molecule has 0 spiro atoms. The van der Waals surface area contributed by atoms with Crippen molar-refractivity contribution < 1.29 is 9.32 Å². The first kappa shape index (κ1) is 11.6. The average molecular weight is 252 g/mol. The molecule has 1 amide bonds. The zero-order chi connectivity index (χ0) is 12.4. The smallest absolute Gasteiger partial charge is 0.271 e. The number of aromatic nitrogens is 1. The van der Waals surface area contributed by atoms with Gasteiger partial charge in [-0.2, -0.15) is 0 Å². The summed E-state index contributed by atoms with van der Waals surface area (Å²) in [6.07, 6.45) is 0. The van der Waals surface area contributed by atoms with E-state index in [-0.39, 0.29) is 0 Å². The fourth-order valence-electron chi connectivity index (χ4n) is 1.51. The van der Waals surface area contributed by atoms with E-state index >= 15 is 0 Å². The molecule has 0 saturated carbocycles. The number of nitrogens with one attached hydrogen (secondary N) is 1. The van der Waals surface area contributed by atoms with E-state index in [2.05, 4.69) is 10.6 Å². The van der Waals surface area contributed by atoms with E-state index < -0.39 is 5.91 Å². The molecule has 88 valence electrons. The molecule has 0 bridgehead atoms. The van der Waals surface area contributed by atoms with Gasteiger partial charge in [0.15, 0.2) is 5.76 Å². The molecule has 17 heavy (non-hydrogen) atoms. The highest BCUT2D eigenvalue weighted by Crippen LogP contribution is 2.27. The number of carbonyl (C=O) groups excluding carboxylic acids is 1. The van der Waals surface area contributed by atoms with E-state index in [9.17, 15) is 4.79 Å². The molecule has 2 rings (SSSR count). The van der Waals surface area contributed by atoms with Gasteiger partial charge >= 0.3 is 0 Å². The van der Waals surface area contributed by atoms with Crippen LogP contribution in [0.4, 0.5) is 0 Å². The first-order chi connectivity index (χ1) is 8.13. The molecular weight excluding hydrogens is 242 g/mol. The average Bonchev–Trinajstić information content (AvgIpc) is 2.71. The molecule has 5 nitrogen and oxygen atoms in total. The Kier molecular flexibility index (Phi) is 3.12. The van der Waals surface area contributed by atoms with Gasteiger partial charge in [-0.1, -0.05) is 16.8 Å². The summed E-state index contributed by atoms with van der Waals surface area (Å²) >= 11 is 5.79. The van der Waals surface area contributed by atoms with E-state index in [4.69, 9.17) is 22.0 Å². The Bertz CT molecular complexity index is 548. The Balaban J connectivity index is 2.52. The van der Waals surface area contributed by atoms with Crippen molar-refractivity contribution in [3.05, 3.63) is 40.5 Å². The van der Waals surface area contributed by atoms with E-state index in [0.717, 1.165) is 0 Å². The second-order valence-corrected chi connectivity index (χ2v) is 3.89. The molecule has 0 fully saturated rings. The molecule has 1 aromatic carbocycles. The lowest BCUT2D eigenvalue weighted by atomic mass is 10.1. The van der Waals surface area contributed by atoms with E-state index in [0.29, 0.717) is 27.6 Å². The zero-order valence-electron chi connectivity index (χ0n) is 9.03. The summed E-state index contributed by atoms with van der Waals surface area (Å²) in [4.78, 5) is 11.6. The molecule has 6 heteroatoms. The molecule has 1 heterocycles. The van der Waals surface area contributed by atoms with Crippen molar-refractivity contribution in [2.45, 2.75) is 6.92 Å². The van der Waals surface area contributed by atoms with Gasteiger partial charge in [-0.15, -0.1) is 0 Å². The maximum Gasteiger partial charge on any atom is 0.271 e. The Labute approximate surface area is 103 Å². The van der Waals surface area contributed by atoms with Crippen molar-refractivity contribution in [1.82, 2.24) is 10.6 Å². The minimum atomic E-state index is -0.436. The molecule has 3 N–H and O–H groups in total. The van der Waals surface area contributed by atoms with Crippen LogP contribution in [0.3, 0.4) is 0 Å². The second-order valence-electron chi connectivity index (χ2n) is 3.45. The number of hydrazine groups is 1. The van der Waals surface area contributed by atoms with Crippen molar-refractivity contribution in [2.24, 2.45) is 5.84 Å². The Hall–Kier alpha value is -1.85. The summed E-state index contributed by atoms with van der Waals surface area (Å²) < 4.78 is 5.13. The van der Waals surface area contributed by atoms with Crippen LogP contribution in [0.1, 0.15) is 16.1 Å². The molecule has 0 radical (unpaired) electrons. The highest BCUT2D eigenvalue weighted by Gasteiger charge is 2.20. The lowest BCUT2D eigenvalue weighted by Crippen LogP contribution is -2.30.